The van der Waals surface area contributed by atoms with Crippen molar-refractivity contribution >= 4 is 33.4 Å². The zero-order chi connectivity index (χ0) is 20.6. The molecule has 1 atom stereocenters. The minimum absolute atomic E-state index is 0.0131. The van der Waals surface area contributed by atoms with Gasteiger partial charge in [0, 0.05) is 25.2 Å². The summed E-state index contributed by atoms with van der Waals surface area (Å²) in [5.74, 6) is -4.38. The Morgan fingerprint density at radius 3 is 2.57 bits per heavy atom. The SMILES string of the molecule is CS(=O)(=O)OCC1CN(c2cc(F)c(N3C=CC(=O)CC3)c(F)c2F)C(=O)O1. The molecule has 0 bridgehead atoms. The summed E-state index contributed by atoms with van der Waals surface area (Å²) in [4.78, 5) is 24.9. The second-order valence-corrected chi connectivity index (χ2v) is 7.83. The summed E-state index contributed by atoms with van der Waals surface area (Å²) in [6.07, 6.45) is 0.916. The highest BCUT2D eigenvalue weighted by atomic mass is 32.2. The van der Waals surface area contributed by atoms with Crippen molar-refractivity contribution < 1.29 is 40.1 Å². The fraction of sp³-hybridized carbons (Fsp3) is 0.375. The van der Waals surface area contributed by atoms with Gasteiger partial charge in [0.2, 0.25) is 0 Å². The number of nitrogens with zero attached hydrogens (tertiary/aromatic N) is 2. The number of ether oxygens (including phenoxy) is 1. The Hall–Kier alpha value is -2.60. The van der Waals surface area contributed by atoms with Gasteiger partial charge in [-0.25, -0.2) is 18.0 Å². The van der Waals surface area contributed by atoms with E-state index in [-0.39, 0.29) is 25.3 Å². The maximum Gasteiger partial charge on any atom is 0.414 e. The first-order valence-corrected chi connectivity index (χ1v) is 9.86. The molecule has 12 heteroatoms. The molecule has 1 unspecified atom stereocenters. The van der Waals surface area contributed by atoms with Gasteiger partial charge in [-0.2, -0.15) is 8.42 Å². The number of anilines is 2. The number of carbonyl (C=O) groups is 2. The molecule has 2 aliphatic heterocycles. The third kappa shape index (κ3) is 4.12. The number of halogens is 3. The second-order valence-electron chi connectivity index (χ2n) is 6.18. The summed E-state index contributed by atoms with van der Waals surface area (Å²) in [7, 11) is -3.79. The first-order valence-electron chi connectivity index (χ1n) is 8.04. The quantitative estimate of drug-likeness (QED) is 0.529. The first-order chi connectivity index (χ1) is 13.1. The molecule has 1 fully saturated rings. The number of benzene rings is 1. The Balaban J connectivity index is 1.86. The largest absolute Gasteiger partial charge is 0.441 e. The van der Waals surface area contributed by atoms with Crippen LogP contribution in [-0.4, -0.2) is 52.4 Å². The van der Waals surface area contributed by atoms with Crippen LogP contribution >= 0.6 is 0 Å². The van der Waals surface area contributed by atoms with Crippen LogP contribution < -0.4 is 9.80 Å². The molecule has 1 aromatic carbocycles. The number of carbonyl (C=O) groups excluding carboxylic acids is 2. The van der Waals surface area contributed by atoms with Crippen LogP contribution in [0.2, 0.25) is 0 Å². The molecule has 8 nitrogen and oxygen atoms in total. The van der Waals surface area contributed by atoms with Gasteiger partial charge in [0.1, 0.15) is 18.4 Å². The molecular weight excluding hydrogens is 405 g/mol. The average Bonchev–Trinajstić information content (AvgIpc) is 2.98. The van der Waals surface area contributed by atoms with Crippen LogP contribution in [-0.2, 0) is 23.8 Å². The summed E-state index contributed by atoms with van der Waals surface area (Å²) in [6.45, 7) is -0.904. The number of rotatable bonds is 5. The molecule has 3 rings (SSSR count). The van der Waals surface area contributed by atoms with Gasteiger partial charge >= 0.3 is 6.09 Å². The summed E-state index contributed by atoms with van der Waals surface area (Å²) >= 11 is 0. The lowest BCUT2D eigenvalue weighted by Gasteiger charge is -2.25. The van der Waals surface area contributed by atoms with Crippen molar-refractivity contribution in [2.75, 3.05) is 35.8 Å². The Kier molecular flexibility index (Phi) is 5.35. The monoisotopic (exact) mass is 420 g/mol. The minimum Gasteiger partial charge on any atom is -0.441 e. The van der Waals surface area contributed by atoms with Crippen LogP contribution in [0.3, 0.4) is 0 Å². The number of hydrogen-bond donors (Lipinski definition) is 0. The molecule has 2 aliphatic rings. The Bertz CT molecular complexity index is 966. The topological polar surface area (TPSA) is 93.2 Å². The van der Waals surface area contributed by atoms with Crippen LogP contribution in [0.1, 0.15) is 6.42 Å². The van der Waals surface area contributed by atoms with Gasteiger partial charge in [0.15, 0.2) is 23.2 Å². The minimum atomic E-state index is -3.79. The molecule has 1 saturated heterocycles. The summed E-state index contributed by atoms with van der Waals surface area (Å²) < 4.78 is 75.0. The lowest BCUT2D eigenvalue weighted by Crippen LogP contribution is -2.29. The Labute approximate surface area is 158 Å². The van der Waals surface area contributed by atoms with E-state index >= 15 is 0 Å². The van der Waals surface area contributed by atoms with E-state index in [1.165, 1.54) is 0 Å². The van der Waals surface area contributed by atoms with Crippen LogP contribution in [0, 0.1) is 17.5 Å². The van der Waals surface area contributed by atoms with Gasteiger partial charge < -0.3 is 9.64 Å². The maximum absolute atomic E-state index is 14.6. The standard InChI is InChI=1S/C16H15F3N2O6S/c1-28(24,25)26-8-10-7-21(16(23)27-10)12-6-11(17)15(14(19)13(12)18)20-4-2-9(22)3-5-20/h2,4,6,10H,3,5,7-8H2,1H3. The number of ketones is 1. The van der Waals surface area contributed by atoms with Crippen molar-refractivity contribution in [2.24, 2.45) is 0 Å². The van der Waals surface area contributed by atoms with Crippen molar-refractivity contribution in [1.82, 2.24) is 0 Å². The van der Waals surface area contributed by atoms with Crippen molar-refractivity contribution in [2.45, 2.75) is 12.5 Å². The van der Waals surface area contributed by atoms with Crippen molar-refractivity contribution in [3.8, 4) is 0 Å². The highest BCUT2D eigenvalue weighted by Crippen LogP contribution is 2.35. The number of allylic oxidation sites excluding steroid dienone is 1. The van der Waals surface area contributed by atoms with Gasteiger partial charge in [0.25, 0.3) is 10.1 Å². The number of hydrogen-bond acceptors (Lipinski definition) is 7. The number of cyclic esters (lactones) is 1. The molecule has 0 saturated carbocycles. The summed E-state index contributed by atoms with van der Waals surface area (Å²) in [5.41, 5.74) is -1.38. The van der Waals surface area contributed by atoms with Gasteiger partial charge in [-0.3, -0.25) is 13.9 Å². The second kappa shape index (κ2) is 7.43. The molecule has 0 spiro atoms. The van der Waals surface area contributed by atoms with E-state index in [1.54, 1.807) is 0 Å². The van der Waals surface area contributed by atoms with Crippen molar-refractivity contribution in [3.63, 3.8) is 0 Å². The van der Waals surface area contributed by atoms with E-state index in [4.69, 9.17) is 4.74 Å². The fourth-order valence-electron chi connectivity index (χ4n) is 2.79. The molecule has 2 heterocycles. The summed E-state index contributed by atoms with van der Waals surface area (Å²) in [5, 5.41) is 0. The molecule has 0 aliphatic carbocycles. The van der Waals surface area contributed by atoms with E-state index in [1.807, 2.05) is 0 Å². The first kappa shape index (κ1) is 20.1. The molecule has 0 radical (unpaired) electrons. The summed E-state index contributed by atoms with van der Waals surface area (Å²) in [6, 6.07) is 0.638. The maximum atomic E-state index is 14.6. The molecule has 0 aromatic heterocycles. The fourth-order valence-corrected chi connectivity index (χ4v) is 3.18. The lowest BCUT2D eigenvalue weighted by atomic mass is 10.1. The van der Waals surface area contributed by atoms with Crippen molar-refractivity contribution in [3.05, 3.63) is 35.8 Å². The highest BCUT2D eigenvalue weighted by molar-refractivity contribution is 7.85. The normalized spacial score (nSPS) is 20.1. The van der Waals surface area contributed by atoms with Gasteiger partial charge in [-0.05, 0) is 6.08 Å². The van der Waals surface area contributed by atoms with E-state index < -0.39 is 57.7 Å². The smallest absolute Gasteiger partial charge is 0.414 e. The van der Waals surface area contributed by atoms with E-state index in [0.717, 1.165) is 23.4 Å². The number of amides is 1. The third-order valence-electron chi connectivity index (χ3n) is 4.07. The van der Waals surface area contributed by atoms with Gasteiger partial charge in [0.05, 0.1) is 18.5 Å². The van der Waals surface area contributed by atoms with Crippen LogP contribution in [0.15, 0.2) is 18.3 Å². The zero-order valence-electron chi connectivity index (χ0n) is 14.5. The predicted molar refractivity (Wildman–Crippen MR) is 90.8 cm³/mol. The predicted octanol–water partition coefficient (Wildman–Crippen LogP) is 1.70. The molecule has 152 valence electrons. The van der Waals surface area contributed by atoms with Crippen molar-refractivity contribution in [1.29, 1.82) is 0 Å². The molecule has 28 heavy (non-hydrogen) atoms. The Morgan fingerprint density at radius 1 is 1.25 bits per heavy atom. The van der Waals surface area contributed by atoms with E-state index in [9.17, 15) is 31.2 Å². The highest BCUT2D eigenvalue weighted by Gasteiger charge is 2.37. The zero-order valence-corrected chi connectivity index (χ0v) is 15.3. The molecule has 1 aromatic rings. The van der Waals surface area contributed by atoms with Crippen LogP contribution in [0.4, 0.5) is 29.3 Å². The third-order valence-corrected chi connectivity index (χ3v) is 4.64. The Morgan fingerprint density at radius 2 is 1.96 bits per heavy atom. The molecular formula is C16H15F3N2O6S. The van der Waals surface area contributed by atoms with E-state index in [2.05, 4.69) is 4.18 Å². The average molecular weight is 420 g/mol. The molecule has 0 N–H and O–H groups in total. The van der Waals surface area contributed by atoms with Gasteiger partial charge in [-0.1, -0.05) is 0 Å². The lowest BCUT2D eigenvalue weighted by molar-refractivity contribution is -0.114. The van der Waals surface area contributed by atoms with Gasteiger partial charge in [-0.15, -0.1) is 0 Å². The van der Waals surface area contributed by atoms with Crippen LogP contribution in [0.5, 0.6) is 0 Å². The molecule has 1 amide bonds. The van der Waals surface area contributed by atoms with E-state index in [0.29, 0.717) is 11.0 Å². The van der Waals surface area contributed by atoms with Crippen LogP contribution in [0.25, 0.3) is 0 Å².